The number of aliphatic carboxylic acids is 2. The van der Waals surface area contributed by atoms with Crippen LogP contribution in [0.3, 0.4) is 0 Å². The summed E-state index contributed by atoms with van der Waals surface area (Å²) in [6.07, 6.45) is 11.1. The van der Waals surface area contributed by atoms with Crippen LogP contribution in [0, 0.1) is 10.1 Å². The number of nitro benzene ring substituents is 1. The lowest BCUT2D eigenvalue weighted by Crippen LogP contribution is -2.53. The van der Waals surface area contributed by atoms with E-state index in [1.165, 1.54) is 31.0 Å². The fourth-order valence-corrected chi connectivity index (χ4v) is 5.88. The summed E-state index contributed by atoms with van der Waals surface area (Å²) >= 11 is 5.98. The van der Waals surface area contributed by atoms with Gasteiger partial charge in [0, 0.05) is 36.8 Å². The summed E-state index contributed by atoms with van der Waals surface area (Å²) in [6.45, 7) is 6.82. The van der Waals surface area contributed by atoms with Crippen LogP contribution in [0.2, 0.25) is 5.02 Å². The molecule has 0 saturated heterocycles. The van der Waals surface area contributed by atoms with Gasteiger partial charge in [0.1, 0.15) is 11.6 Å². The van der Waals surface area contributed by atoms with E-state index in [1.54, 1.807) is 4.90 Å². The summed E-state index contributed by atoms with van der Waals surface area (Å²) in [5, 5.41) is 26.2. The summed E-state index contributed by atoms with van der Waals surface area (Å²) in [6, 6.07) is 4.59. The number of benzene rings is 1. The van der Waals surface area contributed by atoms with Gasteiger partial charge < -0.3 is 24.9 Å². The Morgan fingerprint density at radius 3 is 1.81 bits per heavy atom. The molecule has 2 fully saturated rings. The summed E-state index contributed by atoms with van der Waals surface area (Å²) in [4.78, 5) is 62.4. The predicted molar refractivity (Wildman–Crippen MR) is 158 cm³/mol. The van der Waals surface area contributed by atoms with Crippen LogP contribution in [0.1, 0.15) is 88.4 Å². The summed E-state index contributed by atoms with van der Waals surface area (Å²) in [5.41, 5.74) is -0.121. The van der Waals surface area contributed by atoms with E-state index < -0.39 is 16.9 Å². The van der Waals surface area contributed by atoms with Crippen molar-refractivity contribution in [3.8, 4) is 0 Å². The third-order valence-corrected chi connectivity index (χ3v) is 8.31. The molecular formula is C29H43ClN4O8. The van der Waals surface area contributed by atoms with Crippen LogP contribution in [-0.4, -0.2) is 98.4 Å². The quantitative estimate of drug-likeness (QED) is 0.206. The molecule has 0 unspecified atom stereocenters. The Bertz CT molecular complexity index is 1060. The van der Waals surface area contributed by atoms with Crippen molar-refractivity contribution in [1.82, 2.24) is 14.7 Å². The number of nitrogens with zero attached hydrogens (tertiary/aromatic N) is 4. The minimum atomic E-state index is -1.82. The van der Waals surface area contributed by atoms with Gasteiger partial charge in [0.2, 0.25) is 5.91 Å². The third kappa shape index (κ3) is 10.5. The fourth-order valence-electron chi connectivity index (χ4n) is 5.69. The lowest BCUT2D eigenvalue weighted by molar-refractivity contribution is -0.384. The Morgan fingerprint density at radius 1 is 0.881 bits per heavy atom. The predicted octanol–water partition coefficient (Wildman–Crippen LogP) is 4.68. The molecule has 0 atom stereocenters. The van der Waals surface area contributed by atoms with Crippen molar-refractivity contribution in [3.05, 3.63) is 38.9 Å². The average molecular weight is 611 g/mol. The molecule has 3 rings (SSSR count). The molecule has 0 aromatic heterocycles. The molecule has 12 nitrogen and oxygen atoms in total. The van der Waals surface area contributed by atoms with Crippen LogP contribution < -0.4 is 0 Å². The van der Waals surface area contributed by atoms with Crippen LogP contribution in [0.5, 0.6) is 0 Å². The standard InChI is InChI=1S/C27H41ClN4O4.C2H2O4/c1-3-29(4-2)17-18-30(27(34)21-15-16-24(28)25(19-21)32(35)36)20-26(33)31(22-11-7-5-8-12-22)23-13-9-6-10-14-23;3-1(4)2(5)6/h15-16,19,22-23H,3-14,17-18,20H2,1-2H3;(H,3,4)(H,5,6). The summed E-state index contributed by atoms with van der Waals surface area (Å²) in [7, 11) is 0. The minimum absolute atomic E-state index is 0.00478. The second-order valence-corrected chi connectivity index (χ2v) is 11.1. The monoisotopic (exact) mass is 610 g/mol. The molecule has 2 amide bonds. The van der Waals surface area contributed by atoms with Gasteiger partial charge in [0.05, 0.1) is 4.92 Å². The lowest BCUT2D eigenvalue weighted by Gasteiger charge is -2.42. The van der Waals surface area contributed by atoms with Crippen molar-refractivity contribution in [2.75, 3.05) is 32.7 Å². The molecule has 1 aromatic rings. The first-order valence-electron chi connectivity index (χ1n) is 14.7. The van der Waals surface area contributed by atoms with Crippen molar-refractivity contribution in [2.45, 2.75) is 90.1 Å². The maximum Gasteiger partial charge on any atom is 0.414 e. The van der Waals surface area contributed by atoms with Crippen LogP contribution >= 0.6 is 11.6 Å². The highest BCUT2D eigenvalue weighted by atomic mass is 35.5. The zero-order valence-electron chi connectivity index (χ0n) is 24.5. The van der Waals surface area contributed by atoms with Gasteiger partial charge in [-0.2, -0.15) is 0 Å². The number of hydrogen-bond acceptors (Lipinski definition) is 7. The van der Waals surface area contributed by atoms with E-state index in [2.05, 4.69) is 23.6 Å². The van der Waals surface area contributed by atoms with Crippen LogP contribution in [0.4, 0.5) is 5.69 Å². The number of amides is 2. The van der Waals surface area contributed by atoms with Crippen LogP contribution in [0.15, 0.2) is 18.2 Å². The number of hydrogen-bond donors (Lipinski definition) is 2. The number of halogens is 1. The molecule has 0 heterocycles. The molecule has 2 N–H and O–H groups in total. The second kappa shape index (κ2) is 17.6. The van der Waals surface area contributed by atoms with Gasteiger partial charge in [-0.15, -0.1) is 0 Å². The molecule has 2 saturated carbocycles. The zero-order chi connectivity index (χ0) is 31.2. The fraction of sp³-hybridized carbons (Fsp3) is 0.655. The highest BCUT2D eigenvalue weighted by Crippen LogP contribution is 2.31. The molecule has 234 valence electrons. The van der Waals surface area contributed by atoms with E-state index in [-0.39, 0.29) is 46.7 Å². The Kier molecular flexibility index (Phi) is 14.7. The number of carboxylic acids is 2. The smallest absolute Gasteiger partial charge is 0.414 e. The highest BCUT2D eigenvalue weighted by Gasteiger charge is 2.34. The van der Waals surface area contributed by atoms with Gasteiger partial charge in [-0.1, -0.05) is 64.0 Å². The molecule has 0 radical (unpaired) electrons. The number of nitro groups is 1. The lowest BCUT2D eigenvalue weighted by atomic mass is 9.88. The summed E-state index contributed by atoms with van der Waals surface area (Å²) < 4.78 is 0. The summed E-state index contributed by atoms with van der Waals surface area (Å²) in [5.74, 6) is -4.02. The van der Waals surface area contributed by atoms with Crippen molar-refractivity contribution >= 4 is 41.0 Å². The molecule has 0 spiro atoms. The van der Waals surface area contributed by atoms with Crippen molar-refractivity contribution < 1.29 is 34.3 Å². The Labute approximate surface area is 251 Å². The van der Waals surface area contributed by atoms with Gasteiger partial charge in [0.15, 0.2) is 0 Å². The van der Waals surface area contributed by atoms with Crippen molar-refractivity contribution in [2.24, 2.45) is 0 Å². The Balaban J connectivity index is 0.000000928. The van der Waals surface area contributed by atoms with Gasteiger partial charge in [0.25, 0.3) is 11.6 Å². The number of carbonyl (C=O) groups excluding carboxylic acids is 2. The molecule has 1 aromatic carbocycles. The molecular weight excluding hydrogens is 568 g/mol. The Morgan fingerprint density at radius 2 is 1.38 bits per heavy atom. The van der Waals surface area contributed by atoms with Gasteiger partial charge in [-0.3, -0.25) is 19.7 Å². The van der Waals surface area contributed by atoms with E-state index in [4.69, 9.17) is 31.4 Å². The van der Waals surface area contributed by atoms with E-state index in [0.29, 0.717) is 13.1 Å². The van der Waals surface area contributed by atoms with Crippen LogP contribution in [-0.2, 0) is 14.4 Å². The molecule has 0 bridgehead atoms. The van der Waals surface area contributed by atoms with Gasteiger partial charge in [-0.25, -0.2) is 9.59 Å². The first-order chi connectivity index (χ1) is 20.0. The molecule has 2 aliphatic carbocycles. The highest BCUT2D eigenvalue weighted by molar-refractivity contribution is 6.32. The maximum absolute atomic E-state index is 13.9. The number of carboxylic acid groups (broad SMARTS) is 2. The second-order valence-electron chi connectivity index (χ2n) is 10.7. The van der Waals surface area contributed by atoms with Gasteiger partial charge >= 0.3 is 11.9 Å². The molecule has 42 heavy (non-hydrogen) atoms. The zero-order valence-corrected chi connectivity index (χ0v) is 25.3. The number of carbonyl (C=O) groups is 4. The van der Waals surface area contributed by atoms with E-state index in [0.717, 1.165) is 64.5 Å². The Hall–Kier alpha value is -3.25. The maximum atomic E-state index is 13.9. The average Bonchev–Trinajstić information content (AvgIpc) is 2.98. The largest absolute Gasteiger partial charge is 0.473 e. The SMILES string of the molecule is CCN(CC)CCN(CC(=O)N(C1CCCCC1)C1CCCCC1)C(=O)c1ccc(Cl)c([N+](=O)[O-])c1.O=C(O)C(=O)O. The number of likely N-dealkylation sites (N-methyl/N-ethyl adjacent to an activating group) is 1. The van der Waals surface area contributed by atoms with Crippen LogP contribution in [0.25, 0.3) is 0 Å². The molecule has 13 heteroatoms. The van der Waals surface area contributed by atoms with E-state index in [1.807, 2.05) is 0 Å². The molecule has 0 aliphatic heterocycles. The number of rotatable bonds is 11. The van der Waals surface area contributed by atoms with Crippen molar-refractivity contribution in [1.29, 1.82) is 0 Å². The normalized spacial score (nSPS) is 15.8. The van der Waals surface area contributed by atoms with E-state index >= 15 is 0 Å². The third-order valence-electron chi connectivity index (χ3n) is 7.99. The van der Waals surface area contributed by atoms with Gasteiger partial charge in [-0.05, 0) is 50.9 Å². The minimum Gasteiger partial charge on any atom is -0.473 e. The van der Waals surface area contributed by atoms with Crippen molar-refractivity contribution in [3.63, 3.8) is 0 Å². The molecule has 2 aliphatic rings. The topological polar surface area (TPSA) is 162 Å². The van der Waals surface area contributed by atoms with E-state index in [9.17, 15) is 19.7 Å². The first kappa shape index (κ1) is 34.9. The first-order valence-corrected chi connectivity index (χ1v) is 15.1.